The molecular formula is C18H13Cl2N7. The number of rotatable bonds is 4. The summed E-state index contributed by atoms with van der Waals surface area (Å²) < 4.78 is 1.55. The number of hydrogen-bond donors (Lipinski definition) is 1. The van der Waals surface area contributed by atoms with Gasteiger partial charge in [0.2, 0.25) is 5.95 Å². The van der Waals surface area contributed by atoms with Gasteiger partial charge < -0.3 is 5.73 Å². The molecule has 2 heterocycles. The van der Waals surface area contributed by atoms with Crippen LogP contribution in [0.15, 0.2) is 54.9 Å². The van der Waals surface area contributed by atoms with Crippen molar-refractivity contribution in [1.29, 1.82) is 0 Å². The molecule has 0 amide bonds. The van der Waals surface area contributed by atoms with Crippen molar-refractivity contribution in [2.45, 2.75) is 6.42 Å². The minimum Gasteiger partial charge on any atom is -0.368 e. The molecule has 9 heteroatoms. The zero-order chi connectivity index (χ0) is 18.8. The van der Waals surface area contributed by atoms with E-state index in [9.17, 15) is 0 Å². The van der Waals surface area contributed by atoms with Crippen LogP contribution in [-0.4, -0.2) is 29.7 Å². The van der Waals surface area contributed by atoms with Gasteiger partial charge in [0.25, 0.3) is 5.95 Å². The van der Waals surface area contributed by atoms with Gasteiger partial charge in [0, 0.05) is 17.0 Å². The number of nitrogens with zero attached hydrogens (tertiary/aromatic N) is 6. The summed E-state index contributed by atoms with van der Waals surface area (Å²) in [7, 11) is 0. The minimum absolute atomic E-state index is 0.104. The number of nitrogens with two attached hydrogens (primary N) is 1. The maximum Gasteiger partial charge on any atom is 0.257 e. The van der Waals surface area contributed by atoms with Crippen LogP contribution in [-0.2, 0) is 6.42 Å². The molecule has 0 unspecified atom stereocenters. The van der Waals surface area contributed by atoms with Crippen molar-refractivity contribution in [2.75, 3.05) is 5.73 Å². The summed E-state index contributed by atoms with van der Waals surface area (Å²) in [6.07, 6.45) is 1.87. The Morgan fingerprint density at radius 3 is 2.52 bits per heavy atom. The zero-order valence-corrected chi connectivity index (χ0v) is 15.4. The second-order valence-electron chi connectivity index (χ2n) is 5.69. The third kappa shape index (κ3) is 3.74. The van der Waals surface area contributed by atoms with Crippen molar-refractivity contribution < 1.29 is 0 Å². The Morgan fingerprint density at radius 2 is 1.78 bits per heavy atom. The highest BCUT2D eigenvalue weighted by atomic mass is 35.5. The molecule has 0 aliphatic carbocycles. The van der Waals surface area contributed by atoms with Crippen LogP contribution in [0.3, 0.4) is 0 Å². The zero-order valence-electron chi connectivity index (χ0n) is 13.9. The van der Waals surface area contributed by atoms with E-state index >= 15 is 0 Å². The van der Waals surface area contributed by atoms with Crippen LogP contribution in [0.5, 0.6) is 0 Å². The third-order valence-electron chi connectivity index (χ3n) is 3.82. The molecule has 0 aliphatic rings. The molecule has 0 atom stereocenters. The molecule has 0 fully saturated rings. The molecule has 134 valence electrons. The van der Waals surface area contributed by atoms with E-state index in [2.05, 4.69) is 25.0 Å². The first-order valence-electron chi connectivity index (χ1n) is 8.00. The fourth-order valence-corrected chi connectivity index (χ4v) is 3.08. The quantitative estimate of drug-likeness (QED) is 0.564. The summed E-state index contributed by atoms with van der Waals surface area (Å²) in [4.78, 5) is 16.8. The number of hydrogen-bond acceptors (Lipinski definition) is 6. The molecule has 2 N–H and O–H groups in total. The summed E-state index contributed by atoms with van der Waals surface area (Å²) in [5.41, 5.74) is 7.43. The Bertz CT molecular complexity index is 1100. The molecule has 4 rings (SSSR count). The predicted molar refractivity (Wildman–Crippen MR) is 104 cm³/mol. The van der Waals surface area contributed by atoms with Crippen molar-refractivity contribution in [3.8, 4) is 17.3 Å². The van der Waals surface area contributed by atoms with Crippen LogP contribution in [0.1, 0.15) is 11.4 Å². The average molecular weight is 398 g/mol. The van der Waals surface area contributed by atoms with E-state index in [0.29, 0.717) is 33.7 Å². The van der Waals surface area contributed by atoms with Crippen molar-refractivity contribution in [3.63, 3.8) is 0 Å². The normalized spacial score (nSPS) is 10.9. The van der Waals surface area contributed by atoms with Crippen LogP contribution in [0.4, 0.5) is 5.95 Å². The lowest BCUT2D eigenvalue weighted by atomic mass is 10.1. The highest BCUT2D eigenvalue weighted by molar-refractivity contribution is 6.36. The molecule has 0 radical (unpaired) electrons. The lowest BCUT2D eigenvalue weighted by Crippen LogP contribution is -2.10. The van der Waals surface area contributed by atoms with Gasteiger partial charge in [-0.05, 0) is 23.8 Å². The predicted octanol–water partition coefficient (Wildman–Crippen LogP) is 3.60. The Balaban J connectivity index is 1.84. The summed E-state index contributed by atoms with van der Waals surface area (Å²) in [5.74, 6) is 1.49. The molecule has 27 heavy (non-hydrogen) atoms. The van der Waals surface area contributed by atoms with Gasteiger partial charge in [-0.15, -0.1) is 5.10 Å². The van der Waals surface area contributed by atoms with E-state index in [-0.39, 0.29) is 11.9 Å². The highest BCUT2D eigenvalue weighted by Gasteiger charge is 2.17. The van der Waals surface area contributed by atoms with E-state index in [4.69, 9.17) is 28.9 Å². The molecule has 0 aliphatic heterocycles. The smallest absolute Gasteiger partial charge is 0.257 e. The van der Waals surface area contributed by atoms with E-state index in [0.717, 1.165) is 5.56 Å². The maximum absolute atomic E-state index is 6.32. The van der Waals surface area contributed by atoms with E-state index < -0.39 is 0 Å². The van der Waals surface area contributed by atoms with E-state index in [1.807, 2.05) is 30.3 Å². The van der Waals surface area contributed by atoms with Crippen molar-refractivity contribution >= 4 is 29.2 Å². The number of aromatic nitrogens is 6. The lowest BCUT2D eigenvalue weighted by molar-refractivity contribution is 0.754. The van der Waals surface area contributed by atoms with Crippen molar-refractivity contribution in [2.24, 2.45) is 0 Å². The van der Waals surface area contributed by atoms with Gasteiger partial charge in [0.15, 0.2) is 5.82 Å². The van der Waals surface area contributed by atoms with Gasteiger partial charge >= 0.3 is 0 Å². The van der Waals surface area contributed by atoms with Gasteiger partial charge in [-0.3, -0.25) is 0 Å². The van der Waals surface area contributed by atoms with Crippen LogP contribution >= 0.6 is 23.2 Å². The standard InChI is InChI=1S/C18H13Cl2N7/c19-12-6-7-13(14(20)9-12)16-24-15(8-11-4-2-1-3-5-11)27(26-16)18-23-10-22-17(21)25-18/h1-7,9-10H,8H2,(H2,21,22,23,25). The van der Waals surface area contributed by atoms with Gasteiger partial charge in [0.1, 0.15) is 12.2 Å². The van der Waals surface area contributed by atoms with Crippen LogP contribution in [0.25, 0.3) is 17.3 Å². The van der Waals surface area contributed by atoms with Crippen LogP contribution < -0.4 is 5.73 Å². The van der Waals surface area contributed by atoms with Crippen molar-refractivity contribution in [1.82, 2.24) is 29.7 Å². The molecule has 0 saturated heterocycles. The summed E-state index contributed by atoms with van der Waals surface area (Å²) in [5, 5.41) is 5.55. The van der Waals surface area contributed by atoms with Gasteiger partial charge in [-0.2, -0.15) is 14.6 Å². The fraction of sp³-hybridized carbons (Fsp3) is 0.0556. The molecular weight excluding hydrogens is 385 g/mol. The Morgan fingerprint density at radius 1 is 0.963 bits per heavy atom. The lowest BCUT2D eigenvalue weighted by Gasteiger charge is -2.04. The number of nitrogen functional groups attached to an aromatic ring is 1. The molecule has 0 saturated carbocycles. The largest absolute Gasteiger partial charge is 0.368 e. The van der Waals surface area contributed by atoms with Gasteiger partial charge in [0.05, 0.1) is 5.02 Å². The summed E-state index contributed by atoms with van der Waals surface area (Å²) in [6.45, 7) is 0. The van der Waals surface area contributed by atoms with Gasteiger partial charge in [-0.25, -0.2) is 9.97 Å². The molecule has 0 spiro atoms. The second-order valence-corrected chi connectivity index (χ2v) is 6.54. The third-order valence-corrected chi connectivity index (χ3v) is 4.37. The minimum atomic E-state index is 0.104. The van der Waals surface area contributed by atoms with Crippen molar-refractivity contribution in [3.05, 3.63) is 76.3 Å². The molecule has 2 aromatic heterocycles. The molecule has 2 aromatic carbocycles. The Labute approximate surface area is 164 Å². The SMILES string of the molecule is Nc1ncnc(-n2nc(-c3ccc(Cl)cc3Cl)nc2Cc2ccccc2)n1. The molecule has 0 bridgehead atoms. The van der Waals surface area contributed by atoms with E-state index in [1.54, 1.807) is 22.9 Å². The first kappa shape index (κ1) is 17.4. The first-order chi connectivity index (χ1) is 13.1. The maximum atomic E-state index is 6.32. The number of benzene rings is 2. The molecule has 7 nitrogen and oxygen atoms in total. The molecule has 4 aromatic rings. The van der Waals surface area contributed by atoms with Gasteiger partial charge in [-0.1, -0.05) is 53.5 Å². The topological polar surface area (TPSA) is 95.4 Å². The first-order valence-corrected chi connectivity index (χ1v) is 8.76. The van der Waals surface area contributed by atoms with Crippen LogP contribution in [0, 0.1) is 0 Å². The fourth-order valence-electron chi connectivity index (χ4n) is 2.58. The summed E-state index contributed by atoms with van der Waals surface area (Å²) >= 11 is 12.3. The monoisotopic (exact) mass is 397 g/mol. The average Bonchev–Trinajstić information content (AvgIpc) is 3.06. The van der Waals surface area contributed by atoms with E-state index in [1.165, 1.54) is 6.33 Å². The Hall–Kier alpha value is -3.03. The van der Waals surface area contributed by atoms with Crippen LogP contribution in [0.2, 0.25) is 10.0 Å². The number of halogens is 2. The Kier molecular flexibility index (Phi) is 4.70. The summed E-state index contributed by atoms with van der Waals surface area (Å²) in [6, 6.07) is 15.1. The highest BCUT2D eigenvalue weighted by Crippen LogP contribution is 2.29. The second kappa shape index (κ2) is 7.30. The number of anilines is 1.